The van der Waals surface area contributed by atoms with E-state index in [4.69, 9.17) is 18.9 Å². The molecule has 1 saturated carbocycles. The minimum absolute atomic E-state index is 0.127. The fourth-order valence-electron chi connectivity index (χ4n) is 4.55. The molecule has 2 aliphatic heterocycles. The van der Waals surface area contributed by atoms with Crippen molar-refractivity contribution in [3.8, 4) is 0 Å². The zero-order valence-electron chi connectivity index (χ0n) is 16.2. The van der Waals surface area contributed by atoms with Crippen LogP contribution in [-0.2, 0) is 30.3 Å². The maximum Gasteiger partial charge on any atom is 0.191 e. The van der Waals surface area contributed by atoms with Gasteiger partial charge in [-0.25, -0.2) is 0 Å². The fraction of sp³-hybridized carbons (Fsp3) is 0.650. The number of hydrogen-bond acceptors (Lipinski definition) is 5. The number of fused-ring (bicyclic) bond motifs is 1. The van der Waals surface area contributed by atoms with Crippen LogP contribution in [0.15, 0.2) is 30.3 Å². The molecule has 2 heterocycles. The Morgan fingerprint density at radius 3 is 2.42 bits per heavy atom. The minimum Gasteiger partial charge on any atom is -0.367 e. The predicted molar refractivity (Wildman–Crippen MR) is 99.4 cm³/mol. The van der Waals surface area contributed by atoms with Crippen molar-refractivity contribution in [3.05, 3.63) is 35.9 Å². The van der Waals surface area contributed by atoms with Gasteiger partial charge in [0.25, 0.3) is 0 Å². The molecule has 1 aromatic rings. The number of carbonyl (C=O) groups is 1. The predicted octanol–water partition coefficient (Wildman–Crippen LogP) is 3.50. The first kappa shape index (κ1) is 18.3. The number of ether oxygens (including phenoxy) is 4. The molecular formula is C20H28O5Si. The highest BCUT2D eigenvalue weighted by atomic mass is 28.3. The van der Waals surface area contributed by atoms with Crippen LogP contribution in [0.25, 0.3) is 0 Å². The normalized spacial score (nSPS) is 38.4. The fourth-order valence-corrected chi connectivity index (χ4v) is 7.03. The van der Waals surface area contributed by atoms with Gasteiger partial charge in [-0.2, -0.15) is 0 Å². The molecule has 0 aromatic heterocycles. The quantitative estimate of drug-likeness (QED) is 0.753. The van der Waals surface area contributed by atoms with Crippen molar-refractivity contribution in [1.29, 1.82) is 0 Å². The van der Waals surface area contributed by atoms with Gasteiger partial charge in [0.15, 0.2) is 23.5 Å². The molecule has 1 aliphatic carbocycles. The summed E-state index contributed by atoms with van der Waals surface area (Å²) >= 11 is 0. The van der Waals surface area contributed by atoms with Gasteiger partial charge in [-0.3, -0.25) is 4.79 Å². The second-order valence-corrected chi connectivity index (χ2v) is 14.6. The zero-order valence-corrected chi connectivity index (χ0v) is 17.2. The molecular weight excluding hydrogens is 348 g/mol. The molecule has 1 aromatic carbocycles. The summed E-state index contributed by atoms with van der Waals surface area (Å²) in [6, 6.07) is 10.00. The van der Waals surface area contributed by atoms with Crippen LogP contribution in [0.2, 0.25) is 25.2 Å². The van der Waals surface area contributed by atoms with Crippen LogP contribution in [0.1, 0.15) is 25.8 Å². The number of hydrogen-bond donors (Lipinski definition) is 0. The maximum absolute atomic E-state index is 12.8. The van der Waals surface area contributed by atoms with Crippen molar-refractivity contribution in [2.45, 2.75) is 81.9 Å². The molecule has 5 nitrogen and oxygen atoms in total. The number of Topliss-reactive ketones (excluding diaryl/α,β-unsaturated/α-hetero) is 1. The van der Waals surface area contributed by atoms with E-state index in [1.807, 2.05) is 44.2 Å². The van der Waals surface area contributed by atoms with Gasteiger partial charge in [-0.05, 0) is 25.0 Å². The van der Waals surface area contributed by atoms with E-state index in [9.17, 15) is 4.79 Å². The Morgan fingerprint density at radius 1 is 1.12 bits per heavy atom. The van der Waals surface area contributed by atoms with E-state index in [2.05, 4.69) is 19.6 Å². The average molecular weight is 377 g/mol. The monoisotopic (exact) mass is 376 g/mol. The maximum atomic E-state index is 12.8. The topological polar surface area (TPSA) is 54.0 Å². The van der Waals surface area contributed by atoms with E-state index in [0.29, 0.717) is 13.0 Å². The Labute approximate surface area is 156 Å². The summed E-state index contributed by atoms with van der Waals surface area (Å²) in [5, 5.41) is 0. The van der Waals surface area contributed by atoms with Crippen LogP contribution < -0.4 is 0 Å². The highest BCUT2D eigenvalue weighted by molar-refractivity contribution is 6.79. The Morgan fingerprint density at radius 2 is 1.81 bits per heavy atom. The Bertz CT molecular complexity index is 698. The number of ketones is 1. The van der Waals surface area contributed by atoms with Gasteiger partial charge >= 0.3 is 0 Å². The van der Waals surface area contributed by atoms with Crippen LogP contribution >= 0.6 is 0 Å². The molecule has 0 amide bonds. The van der Waals surface area contributed by atoms with Gasteiger partial charge in [0.05, 0.1) is 14.7 Å². The first-order valence-corrected chi connectivity index (χ1v) is 12.9. The molecule has 4 rings (SSSR count). The van der Waals surface area contributed by atoms with Crippen LogP contribution in [0.3, 0.4) is 0 Å². The summed E-state index contributed by atoms with van der Waals surface area (Å²) in [6.45, 7) is 11.0. The van der Waals surface area contributed by atoms with E-state index >= 15 is 0 Å². The third kappa shape index (κ3) is 2.79. The molecule has 0 N–H and O–H groups in total. The van der Waals surface area contributed by atoms with Crippen molar-refractivity contribution in [2.24, 2.45) is 0 Å². The van der Waals surface area contributed by atoms with Gasteiger partial charge < -0.3 is 18.9 Å². The molecule has 5 atom stereocenters. The minimum atomic E-state index is -1.62. The van der Waals surface area contributed by atoms with Gasteiger partial charge in [0, 0.05) is 6.42 Å². The van der Waals surface area contributed by atoms with Crippen molar-refractivity contribution >= 4 is 13.9 Å². The standard InChI is InChI=1S/C20H28O5Si/c1-19(2)23-16-17(22-12-13-9-7-6-8-10-13)20(25-18(16)24-19)14(21)11-15(20)26(3,4)5/h6-10,15-18H,11-12H2,1-5H3/t15-,16?,17?,18?,20-/m0/s1. The van der Waals surface area contributed by atoms with Crippen molar-refractivity contribution in [3.63, 3.8) is 0 Å². The molecule has 2 saturated heterocycles. The average Bonchev–Trinajstić information content (AvgIpc) is 3.01. The third-order valence-corrected chi connectivity index (χ3v) is 8.50. The number of carbonyl (C=O) groups excluding carboxylic acids is 1. The lowest BCUT2D eigenvalue weighted by atomic mass is 9.73. The second-order valence-electron chi connectivity index (χ2n) is 9.14. The molecule has 6 heteroatoms. The SMILES string of the molecule is CC1(C)OC2O[C@]3(C(=O)C[C@@H]3[Si](C)(C)C)C(OCc3ccccc3)C2O1. The molecule has 26 heavy (non-hydrogen) atoms. The molecule has 0 bridgehead atoms. The Balaban J connectivity index is 1.64. The van der Waals surface area contributed by atoms with Gasteiger partial charge in [0.2, 0.25) is 0 Å². The first-order chi connectivity index (χ1) is 12.1. The largest absolute Gasteiger partial charge is 0.367 e. The van der Waals surface area contributed by atoms with Crippen molar-refractivity contribution in [1.82, 2.24) is 0 Å². The van der Waals surface area contributed by atoms with E-state index in [-0.39, 0.29) is 17.4 Å². The lowest BCUT2D eigenvalue weighted by molar-refractivity contribution is -0.251. The molecule has 3 fully saturated rings. The van der Waals surface area contributed by atoms with Crippen LogP contribution in [0, 0.1) is 0 Å². The van der Waals surface area contributed by atoms with Crippen molar-refractivity contribution < 1.29 is 23.7 Å². The van der Waals surface area contributed by atoms with Gasteiger partial charge in [-0.15, -0.1) is 0 Å². The van der Waals surface area contributed by atoms with Gasteiger partial charge in [-0.1, -0.05) is 50.0 Å². The van der Waals surface area contributed by atoms with E-state index in [1.165, 1.54) is 0 Å². The third-order valence-electron chi connectivity index (χ3n) is 5.78. The highest BCUT2D eigenvalue weighted by Gasteiger charge is 2.74. The lowest BCUT2D eigenvalue weighted by Crippen LogP contribution is -2.67. The molecule has 1 spiro atoms. The van der Waals surface area contributed by atoms with Crippen LogP contribution in [0.4, 0.5) is 0 Å². The second kappa shape index (κ2) is 5.97. The van der Waals surface area contributed by atoms with Gasteiger partial charge in [0.1, 0.15) is 12.2 Å². The summed E-state index contributed by atoms with van der Waals surface area (Å²) in [5.41, 5.74) is 0.371. The molecule has 142 valence electrons. The van der Waals surface area contributed by atoms with Crippen LogP contribution in [-0.4, -0.2) is 43.7 Å². The van der Waals surface area contributed by atoms with E-state index in [1.54, 1.807) is 0 Å². The summed E-state index contributed by atoms with van der Waals surface area (Å²) in [7, 11) is -1.62. The molecule has 3 aliphatic rings. The summed E-state index contributed by atoms with van der Waals surface area (Å²) in [5.74, 6) is -0.602. The first-order valence-electron chi connectivity index (χ1n) is 9.36. The molecule has 3 unspecified atom stereocenters. The van der Waals surface area contributed by atoms with Crippen LogP contribution in [0.5, 0.6) is 0 Å². The molecule has 0 radical (unpaired) electrons. The van der Waals surface area contributed by atoms with Crippen molar-refractivity contribution in [2.75, 3.05) is 0 Å². The highest BCUT2D eigenvalue weighted by Crippen LogP contribution is 2.59. The zero-order chi connectivity index (χ0) is 18.7. The summed E-state index contributed by atoms with van der Waals surface area (Å²) in [4.78, 5) is 12.8. The van der Waals surface area contributed by atoms with E-state index < -0.39 is 31.9 Å². The number of benzene rings is 1. The smallest absolute Gasteiger partial charge is 0.191 e. The lowest BCUT2D eigenvalue weighted by Gasteiger charge is -2.53. The summed E-state index contributed by atoms with van der Waals surface area (Å²) < 4.78 is 24.7. The Kier molecular flexibility index (Phi) is 4.21. The number of rotatable bonds is 4. The summed E-state index contributed by atoms with van der Waals surface area (Å²) in [6.07, 6.45) is -0.790. The Hall–Kier alpha value is -1.05. The van der Waals surface area contributed by atoms with E-state index in [0.717, 1.165) is 5.56 Å².